The third kappa shape index (κ3) is 3.11. The van der Waals surface area contributed by atoms with Crippen LogP contribution in [0.5, 0.6) is 0 Å². The first-order valence-corrected chi connectivity index (χ1v) is 6.15. The Morgan fingerprint density at radius 1 is 1.35 bits per heavy atom. The van der Waals surface area contributed by atoms with E-state index in [2.05, 4.69) is 4.98 Å². The summed E-state index contributed by atoms with van der Waals surface area (Å²) in [4.78, 5) is 17.3. The molecule has 0 N–H and O–H groups in total. The van der Waals surface area contributed by atoms with E-state index >= 15 is 0 Å². The van der Waals surface area contributed by atoms with Gasteiger partial charge in [0.25, 0.3) is 5.91 Å². The van der Waals surface area contributed by atoms with E-state index in [-0.39, 0.29) is 28.6 Å². The molecule has 0 atom stereocenters. The quantitative estimate of drug-likeness (QED) is 0.871. The van der Waals surface area contributed by atoms with Crippen molar-refractivity contribution < 1.29 is 13.6 Å². The maximum atomic E-state index is 13.5. The number of pyridine rings is 1. The number of rotatable bonds is 3. The van der Waals surface area contributed by atoms with E-state index in [9.17, 15) is 13.6 Å². The van der Waals surface area contributed by atoms with Crippen LogP contribution in [0.4, 0.5) is 8.78 Å². The Labute approximate surface area is 119 Å². The summed E-state index contributed by atoms with van der Waals surface area (Å²) < 4.78 is 26.4. The molecule has 0 bridgehead atoms. The van der Waals surface area contributed by atoms with Gasteiger partial charge in [0.05, 0.1) is 10.6 Å². The molecule has 1 aromatic heterocycles. The van der Waals surface area contributed by atoms with Crippen molar-refractivity contribution in [3.8, 4) is 0 Å². The average molecular weight is 297 g/mol. The summed E-state index contributed by atoms with van der Waals surface area (Å²) in [5.41, 5.74) is 0.513. The van der Waals surface area contributed by atoms with Gasteiger partial charge < -0.3 is 4.90 Å². The lowest BCUT2D eigenvalue weighted by atomic mass is 10.1. The van der Waals surface area contributed by atoms with E-state index in [0.717, 1.165) is 12.1 Å². The van der Waals surface area contributed by atoms with Gasteiger partial charge in [-0.2, -0.15) is 0 Å². The molecule has 104 valence electrons. The molecule has 20 heavy (non-hydrogen) atoms. The summed E-state index contributed by atoms with van der Waals surface area (Å²) in [5, 5.41) is 0.226. The third-order valence-corrected chi connectivity index (χ3v) is 3.07. The molecule has 1 amide bonds. The molecule has 1 aromatic carbocycles. The maximum Gasteiger partial charge on any atom is 0.255 e. The molecule has 0 spiro atoms. The summed E-state index contributed by atoms with van der Waals surface area (Å²) in [6.45, 7) is 0.0175. The van der Waals surface area contributed by atoms with Gasteiger partial charge in [-0.25, -0.2) is 8.78 Å². The van der Waals surface area contributed by atoms with Crippen LogP contribution < -0.4 is 0 Å². The van der Waals surface area contributed by atoms with Gasteiger partial charge in [0.15, 0.2) is 0 Å². The van der Waals surface area contributed by atoms with E-state index < -0.39 is 11.6 Å². The van der Waals surface area contributed by atoms with Crippen LogP contribution in [0.15, 0.2) is 36.7 Å². The molecule has 0 unspecified atom stereocenters. The molecule has 1 heterocycles. The van der Waals surface area contributed by atoms with Gasteiger partial charge in [-0.1, -0.05) is 17.7 Å². The van der Waals surface area contributed by atoms with Crippen molar-refractivity contribution in [2.45, 2.75) is 6.54 Å². The molecule has 0 aliphatic heterocycles. The number of carbonyl (C=O) groups excluding carboxylic acids is 1. The number of hydrogen-bond donors (Lipinski definition) is 0. The van der Waals surface area contributed by atoms with E-state index in [1.165, 1.54) is 36.5 Å². The number of amides is 1. The second-order valence-electron chi connectivity index (χ2n) is 4.25. The Balaban J connectivity index is 2.18. The van der Waals surface area contributed by atoms with Gasteiger partial charge in [0, 0.05) is 37.6 Å². The number of hydrogen-bond acceptors (Lipinski definition) is 2. The zero-order chi connectivity index (χ0) is 14.7. The Morgan fingerprint density at radius 3 is 2.75 bits per heavy atom. The molecule has 0 radical (unpaired) electrons. The topological polar surface area (TPSA) is 33.2 Å². The second-order valence-corrected chi connectivity index (χ2v) is 4.66. The first-order chi connectivity index (χ1) is 9.49. The van der Waals surface area contributed by atoms with Gasteiger partial charge in [-0.3, -0.25) is 9.78 Å². The van der Waals surface area contributed by atoms with Gasteiger partial charge in [0.2, 0.25) is 0 Å². The number of nitrogens with zero attached hydrogens (tertiary/aromatic N) is 2. The van der Waals surface area contributed by atoms with E-state index in [1.807, 2.05) is 0 Å². The lowest BCUT2D eigenvalue weighted by Crippen LogP contribution is -2.27. The van der Waals surface area contributed by atoms with Crippen molar-refractivity contribution in [2.75, 3.05) is 7.05 Å². The number of carbonyl (C=O) groups is 1. The van der Waals surface area contributed by atoms with Crippen molar-refractivity contribution >= 4 is 17.5 Å². The highest BCUT2D eigenvalue weighted by atomic mass is 35.5. The predicted molar refractivity (Wildman–Crippen MR) is 71.4 cm³/mol. The highest BCUT2D eigenvalue weighted by Gasteiger charge is 2.16. The monoisotopic (exact) mass is 296 g/mol. The minimum absolute atomic E-state index is 0.0175. The molecular formula is C14H11ClF2N2O. The summed E-state index contributed by atoms with van der Waals surface area (Å²) in [6.07, 6.45) is 2.81. The molecule has 0 aliphatic rings. The molecular weight excluding hydrogens is 286 g/mol. The minimum atomic E-state index is -0.689. The highest BCUT2D eigenvalue weighted by Crippen LogP contribution is 2.17. The summed E-state index contributed by atoms with van der Waals surface area (Å²) in [7, 11) is 1.52. The van der Waals surface area contributed by atoms with Crippen LogP contribution in [0.3, 0.4) is 0 Å². The Hall–Kier alpha value is -2.01. The van der Waals surface area contributed by atoms with Crippen LogP contribution in [-0.4, -0.2) is 22.8 Å². The molecule has 0 fully saturated rings. The largest absolute Gasteiger partial charge is 0.337 e. The first-order valence-electron chi connectivity index (χ1n) is 5.78. The number of benzene rings is 1. The number of halogens is 3. The van der Waals surface area contributed by atoms with Crippen LogP contribution in [0.2, 0.25) is 5.02 Å². The van der Waals surface area contributed by atoms with Gasteiger partial charge >= 0.3 is 0 Å². The second kappa shape index (κ2) is 5.96. The fraction of sp³-hybridized carbons (Fsp3) is 0.143. The van der Waals surface area contributed by atoms with Crippen LogP contribution in [0, 0.1) is 11.6 Å². The smallest absolute Gasteiger partial charge is 0.255 e. The third-order valence-electron chi connectivity index (χ3n) is 2.77. The van der Waals surface area contributed by atoms with Gasteiger partial charge in [-0.15, -0.1) is 0 Å². The van der Waals surface area contributed by atoms with Crippen LogP contribution in [0.25, 0.3) is 0 Å². The van der Waals surface area contributed by atoms with Crippen molar-refractivity contribution in [1.29, 1.82) is 0 Å². The lowest BCUT2D eigenvalue weighted by molar-refractivity contribution is 0.0784. The molecule has 0 saturated carbocycles. The molecule has 3 nitrogen and oxygen atoms in total. The molecule has 2 aromatic rings. The lowest BCUT2D eigenvalue weighted by Gasteiger charge is -2.18. The predicted octanol–water partition coefficient (Wildman–Crippen LogP) is 3.29. The maximum absolute atomic E-state index is 13.5. The van der Waals surface area contributed by atoms with Crippen molar-refractivity contribution in [1.82, 2.24) is 9.88 Å². The summed E-state index contributed by atoms with van der Waals surface area (Å²) >= 11 is 5.88. The van der Waals surface area contributed by atoms with Crippen LogP contribution in [0.1, 0.15) is 15.9 Å². The van der Waals surface area contributed by atoms with Crippen LogP contribution in [-0.2, 0) is 6.54 Å². The van der Waals surface area contributed by atoms with Gasteiger partial charge in [0.1, 0.15) is 11.6 Å². The Bertz CT molecular complexity index is 649. The van der Waals surface area contributed by atoms with Crippen molar-refractivity contribution in [3.05, 3.63) is 64.4 Å². The van der Waals surface area contributed by atoms with E-state index in [1.54, 1.807) is 0 Å². The zero-order valence-corrected chi connectivity index (χ0v) is 11.4. The fourth-order valence-corrected chi connectivity index (χ4v) is 1.93. The SMILES string of the molecule is CN(Cc1ccc(F)cc1F)C(=O)c1ccncc1Cl. The fourth-order valence-electron chi connectivity index (χ4n) is 1.73. The van der Waals surface area contributed by atoms with Crippen molar-refractivity contribution in [2.24, 2.45) is 0 Å². The molecule has 0 aliphatic carbocycles. The molecule has 2 rings (SSSR count). The summed E-state index contributed by atoms with van der Waals surface area (Å²) in [5.74, 6) is -1.70. The number of aromatic nitrogens is 1. The normalized spacial score (nSPS) is 10.4. The standard InChI is InChI=1S/C14H11ClF2N2O/c1-19(8-9-2-3-10(16)6-13(9)17)14(20)11-4-5-18-7-12(11)15/h2-7H,8H2,1H3. The van der Waals surface area contributed by atoms with Gasteiger partial charge in [-0.05, 0) is 12.1 Å². The highest BCUT2D eigenvalue weighted by molar-refractivity contribution is 6.33. The Morgan fingerprint density at radius 2 is 2.10 bits per heavy atom. The van der Waals surface area contributed by atoms with Crippen molar-refractivity contribution in [3.63, 3.8) is 0 Å². The molecule has 0 saturated heterocycles. The minimum Gasteiger partial charge on any atom is -0.337 e. The van der Waals surface area contributed by atoms with E-state index in [0.29, 0.717) is 0 Å². The van der Waals surface area contributed by atoms with E-state index in [4.69, 9.17) is 11.6 Å². The summed E-state index contributed by atoms with van der Waals surface area (Å²) in [6, 6.07) is 4.73. The zero-order valence-electron chi connectivity index (χ0n) is 10.6. The first kappa shape index (κ1) is 14.4. The van der Waals surface area contributed by atoms with Crippen LogP contribution >= 0.6 is 11.6 Å². The Kier molecular flexibility index (Phi) is 4.29. The average Bonchev–Trinajstić information content (AvgIpc) is 2.41. The molecule has 6 heteroatoms.